The van der Waals surface area contributed by atoms with E-state index < -0.39 is 5.97 Å². The molecule has 0 N–H and O–H groups in total. The first-order valence-corrected chi connectivity index (χ1v) is 5.88. The number of halogens is 1. The average molecular weight is 278 g/mol. The summed E-state index contributed by atoms with van der Waals surface area (Å²) in [5, 5.41) is 0.536. The van der Waals surface area contributed by atoms with Crippen LogP contribution in [0.1, 0.15) is 5.82 Å². The molecule has 1 rings (SSSR count). The molecular weight excluding hydrogens is 266 g/mol. The second kappa shape index (κ2) is 6.41. The van der Waals surface area contributed by atoms with Crippen molar-refractivity contribution in [2.45, 2.75) is 5.88 Å². The minimum absolute atomic E-state index is 0.228. The Bertz CT molecular complexity index is 421. The molecule has 1 aromatic rings. The molecule has 0 spiro atoms. The Hall–Kier alpha value is -1.34. The molecule has 0 fully saturated rings. The number of alkyl halides is 1. The Morgan fingerprint density at radius 2 is 2.29 bits per heavy atom. The van der Waals surface area contributed by atoms with Gasteiger partial charge in [0, 0.05) is 18.6 Å². The Kier molecular flexibility index (Phi) is 5.17. The third-order valence-electron chi connectivity index (χ3n) is 1.85. The van der Waals surface area contributed by atoms with Crippen LogP contribution >= 0.6 is 23.1 Å². The predicted molar refractivity (Wildman–Crippen MR) is 65.0 cm³/mol. The number of rotatable bonds is 5. The van der Waals surface area contributed by atoms with E-state index in [0.717, 1.165) is 11.5 Å². The highest BCUT2D eigenvalue weighted by Crippen LogP contribution is 2.21. The number of hydrogen-bond acceptors (Lipinski definition) is 7. The van der Waals surface area contributed by atoms with Gasteiger partial charge in [-0.2, -0.15) is 4.37 Å². The number of likely N-dealkylation sites (N-methyl/N-ethyl adjacent to an activating group) is 1. The third-order valence-corrected chi connectivity index (χ3v) is 2.92. The van der Waals surface area contributed by atoms with Crippen LogP contribution in [0.15, 0.2) is 12.0 Å². The van der Waals surface area contributed by atoms with Crippen LogP contribution < -0.4 is 4.90 Å². The Labute approximate surface area is 108 Å². The molecule has 0 unspecified atom stereocenters. The van der Waals surface area contributed by atoms with Crippen LogP contribution in [0.4, 0.5) is 5.13 Å². The minimum atomic E-state index is -0.517. The van der Waals surface area contributed by atoms with E-state index in [1.165, 1.54) is 25.4 Å². The fourth-order valence-corrected chi connectivity index (χ4v) is 1.87. The van der Waals surface area contributed by atoms with Gasteiger partial charge in [0.2, 0.25) is 5.13 Å². The second-order valence-corrected chi connectivity index (χ2v) is 3.91. The first-order valence-electron chi connectivity index (χ1n) is 4.57. The first-order chi connectivity index (χ1) is 8.13. The summed E-state index contributed by atoms with van der Waals surface area (Å²) in [4.78, 5) is 17.2. The van der Waals surface area contributed by atoms with E-state index in [0.29, 0.717) is 11.0 Å². The van der Waals surface area contributed by atoms with Gasteiger partial charge in [-0.05, 0) is 0 Å². The molecule has 0 aliphatic rings. The van der Waals surface area contributed by atoms with Crippen LogP contribution in [-0.4, -0.2) is 36.6 Å². The van der Waals surface area contributed by atoms with Crippen molar-refractivity contribution in [2.24, 2.45) is 0 Å². The molecule has 0 saturated carbocycles. The molecule has 8 heteroatoms. The lowest BCUT2D eigenvalue weighted by molar-refractivity contribution is -0.136. The molecule has 1 heterocycles. The minimum Gasteiger partial charge on any atom is -0.502 e. The fourth-order valence-electron chi connectivity index (χ4n) is 1.02. The summed E-state index contributed by atoms with van der Waals surface area (Å²) in [5.41, 5.74) is 0.229. The highest BCUT2D eigenvalue weighted by atomic mass is 35.5. The zero-order valence-electron chi connectivity index (χ0n) is 9.64. The van der Waals surface area contributed by atoms with Gasteiger partial charge in [-0.3, -0.25) is 0 Å². The summed E-state index contributed by atoms with van der Waals surface area (Å²) >= 11 is 6.75. The summed E-state index contributed by atoms with van der Waals surface area (Å²) in [5.74, 6) is 0.225. The van der Waals surface area contributed by atoms with Crippen molar-refractivity contribution in [1.82, 2.24) is 9.36 Å². The Morgan fingerprint density at radius 3 is 2.76 bits per heavy atom. The molecule has 17 heavy (non-hydrogen) atoms. The Morgan fingerprint density at radius 1 is 1.59 bits per heavy atom. The number of carbonyl (C=O) groups is 1. The number of anilines is 1. The van der Waals surface area contributed by atoms with E-state index in [9.17, 15) is 4.79 Å². The lowest BCUT2D eigenvalue weighted by Crippen LogP contribution is -2.24. The van der Waals surface area contributed by atoms with Crippen LogP contribution in [0, 0.1) is 0 Å². The molecule has 1 aromatic heterocycles. The molecule has 0 atom stereocenters. The summed E-state index contributed by atoms with van der Waals surface area (Å²) in [7, 11) is 4.41. The van der Waals surface area contributed by atoms with Crippen LogP contribution in [-0.2, 0) is 20.1 Å². The maximum atomic E-state index is 11.5. The number of methoxy groups -OCH3 is 2. The van der Waals surface area contributed by atoms with Gasteiger partial charge >= 0.3 is 5.97 Å². The third kappa shape index (κ3) is 3.31. The maximum absolute atomic E-state index is 11.5. The van der Waals surface area contributed by atoms with Crippen LogP contribution in [0.5, 0.6) is 0 Å². The molecule has 0 radical (unpaired) electrons. The largest absolute Gasteiger partial charge is 0.502 e. The van der Waals surface area contributed by atoms with Gasteiger partial charge in [-0.15, -0.1) is 11.6 Å². The maximum Gasteiger partial charge on any atom is 0.357 e. The lowest BCUT2D eigenvalue weighted by Gasteiger charge is -2.16. The van der Waals surface area contributed by atoms with Gasteiger partial charge in [0.1, 0.15) is 6.26 Å². The topological polar surface area (TPSA) is 64.6 Å². The van der Waals surface area contributed by atoms with Gasteiger partial charge in [-0.1, -0.05) is 0 Å². The standard InChI is InChI=1S/C9H12ClN3O3S/c1-13(6(5-15-2)8(14)16-3)9-11-7(4-10)12-17-9/h5H,4H2,1-3H3. The molecule has 0 saturated heterocycles. The Balaban J connectivity index is 2.95. The molecule has 0 bridgehead atoms. The van der Waals surface area contributed by atoms with Gasteiger partial charge in [0.15, 0.2) is 11.5 Å². The molecule has 6 nitrogen and oxygen atoms in total. The highest BCUT2D eigenvalue weighted by Gasteiger charge is 2.20. The van der Waals surface area contributed by atoms with E-state index in [-0.39, 0.29) is 11.6 Å². The average Bonchev–Trinajstić information content (AvgIpc) is 2.83. The molecular formula is C9H12ClN3O3S. The van der Waals surface area contributed by atoms with Crippen molar-refractivity contribution in [3.8, 4) is 0 Å². The summed E-state index contributed by atoms with van der Waals surface area (Å²) in [6.45, 7) is 0. The fraction of sp³-hybridized carbons (Fsp3) is 0.444. The SMILES string of the molecule is COC=C(C(=O)OC)N(C)c1nc(CCl)ns1. The number of carbonyl (C=O) groups excluding carboxylic acids is 1. The van der Waals surface area contributed by atoms with E-state index in [1.54, 1.807) is 7.05 Å². The van der Waals surface area contributed by atoms with Crippen molar-refractivity contribution in [3.63, 3.8) is 0 Å². The number of nitrogens with zero attached hydrogens (tertiary/aromatic N) is 3. The van der Waals surface area contributed by atoms with Gasteiger partial charge in [-0.25, -0.2) is 9.78 Å². The predicted octanol–water partition coefficient (Wildman–Crippen LogP) is 1.37. The van der Waals surface area contributed by atoms with E-state index in [4.69, 9.17) is 16.3 Å². The molecule has 0 amide bonds. The number of aromatic nitrogens is 2. The van der Waals surface area contributed by atoms with Gasteiger partial charge in [0.05, 0.1) is 20.1 Å². The quantitative estimate of drug-likeness (QED) is 0.351. The van der Waals surface area contributed by atoms with Crippen LogP contribution in [0.2, 0.25) is 0 Å². The molecule has 0 aliphatic heterocycles. The summed E-state index contributed by atoms with van der Waals surface area (Å²) in [6.07, 6.45) is 1.29. The van der Waals surface area contributed by atoms with Crippen molar-refractivity contribution >= 4 is 34.2 Å². The smallest absolute Gasteiger partial charge is 0.357 e. The van der Waals surface area contributed by atoms with E-state index in [1.807, 2.05) is 0 Å². The van der Waals surface area contributed by atoms with Crippen molar-refractivity contribution in [1.29, 1.82) is 0 Å². The van der Waals surface area contributed by atoms with Crippen LogP contribution in [0.3, 0.4) is 0 Å². The summed E-state index contributed by atoms with van der Waals surface area (Å²) in [6, 6.07) is 0. The first kappa shape index (κ1) is 13.7. The number of hydrogen-bond donors (Lipinski definition) is 0. The van der Waals surface area contributed by atoms with Crippen LogP contribution in [0.25, 0.3) is 0 Å². The van der Waals surface area contributed by atoms with E-state index in [2.05, 4.69) is 14.1 Å². The monoisotopic (exact) mass is 277 g/mol. The van der Waals surface area contributed by atoms with Gasteiger partial charge in [0.25, 0.3) is 0 Å². The zero-order valence-corrected chi connectivity index (χ0v) is 11.2. The van der Waals surface area contributed by atoms with Crippen molar-refractivity contribution in [2.75, 3.05) is 26.2 Å². The van der Waals surface area contributed by atoms with E-state index >= 15 is 0 Å². The normalized spacial score (nSPS) is 11.2. The lowest BCUT2D eigenvalue weighted by atomic mass is 10.4. The zero-order chi connectivity index (χ0) is 12.8. The highest BCUT2D eigenvalue weighted by molar-refractivity contribution is 7.09. The molecule has 0 aliphatic carbocycles. The number of esters is 1. The second-order valence-electron chi connectivity index (χ2n) is 2.92. The summed E-state index contributed by atoms with van der Waals surface area (Å²) < 4.78 is 13.5. The van der Waals surface area contributed by atoms with Crippen molar-refractivity contribution < 1.29 is 14.3 Å². The van der Waals surface area contributed by atoms with Crippen molar-refractivity contribution in [3.05, 3.63) is 17.8 Å². The molecule has 0 aromatic carbocycles. The van der Waals surface area contributed by atoms with Gasteiger partial charge < -0.3 is 14.4 Å². The number of ether oxygens (including phenoxy) is 2. The molecule has 94 valence electrons.